The number of carboxylic acid groups (broad SMARTS) is 1. The van der Waals surface area contributed by atoms with Gasteiger partial charge in [0.1, 0.15) is 13.2 Å². The zero-order chi connectivity index (χ0) is 37.5. The van der Waals surface area contributed by atoms with Crippen LogP contribution in [0.4, 0.5) is 0 Å². The van der Waals surface area contributed by atoms with E-state index in [9.17, 15) is 19.2 Å². The van der Waals surface area contributed by atoms with Crippen molar-refractivity contribution in [1.82, 2.24) is 0 Å². The number of carbonyl (C=O) groups is 4. The van der Waals surface area contributed by atoms with Crippen LogP contribution in [0.5, 0.6) is 0 Å². The van der Waals surface area contributed by atoms with E-state index in [1.807, 2.05) is 0 Å². The third-order valence-corrected chi connectivity index (χ3v) is 8.99. The molecule has 0 saturated heterocycles. The zero-order valence-corrected chi connectivity index (χ0v) is 32.8. The summed E-state index contributed by atoms with van der Waals surface area (Å²) in [6, 6.07) is 0. The number of rotatable bonds is 38. The van der Waals surface area contributed by atoms with E-state index >= 15 is 0 Å². The summed E-state index contributed by atoms with van der Waals surface area (Å²) in [5, 5.41) is 8.80. The lowest BCUT2D eigenvalue weighted by Crippen LogP contribution is -2.31. The molecule has 8 heteroatoms. The van der Waals surface area contributed by atoms with Crippen molar-refractivity contribution in [2.75, 3.05) is 13.2 Å². The molecular formula is C43H76O8. The lowest BCUT2D eigenvalue weighted by atomic mass is 10.1. The van der Waals surface area contributed by atoms with Crippen LogP contribution >= 0.6 is 0 Å². The molecule has 0 aromatic heterocycles. The second-order valence-electron chi connectivity index (χ2n) is 14.0. The first-order chi connectivity index (χ1) is 24.9. The maximum atomic E-state index is 12.5. The van der Waals surface area contributed by atoms with Crippen molar-refractivity contribution in [2.45, 2.75) is 213 Å². The Bertz CT molecular complexity index is 896. The lowest BCUT2D eigenvalue weighted by molar-refractivity contribution is -0.167. The Morgan fingerprint density at radius 1 is 0.431 bits per heavy atom. The number of aliphatic carboxylic acids is 1. The highest BCUT2D eigenvalue weighted by Gasteiger charge is 2.20. The molecule has 1 N–H and O–H groups in total. The molecule has 0 amide bonds. The fourth-order valence-corrected chi connectivity index (χ4v) is 5.77. The summed E-state index contributed by atoms with van der Waals surface area (Å²) in [6.45, 7) is 4.01. The summed E-state index contributed by atoms with van der Waals surface area (Å²) in [4.78, 5) is 47.6. The van der Waals surface area contributed by atoms with E-state index < -0.39 is 24.0 Å². The van der Waals surface area contributed by atoms with E-state index in [0.29, 0.717) is 6.42 Å². The Labute approximate surface area is 311 Å². The number of esters is 3. The van der Waals surface area contributed by atoms with Gasteiger partial charge in [-0.3, -0.25) is 19.2 Å². The Balaban J connectivity index is 4.16. The van der Waals surface area contributed by atoms with Crippen LogP contribution in [0, 0.1) is 0 Å². The summed E-state index contributed by atoms with van der Waals surface area (Å²) in [5.74, 6) is -2.59. The van der Waals surface area contributed by atoms with Crippen molar-refractivity contribution in [3.63, 3.8) is 0 Å². The molecule has 0 bridgehead atoms. The van der Waals surface area contributed by atoms with Crippen LogP contribution in [0.15, 0.2) is 24.3 Å². The van der Waals surface area contributed by atoms with Crippen LogP contribution < -0.4 is 0 Å². The average Bonchev–Trinajstić information content (AvgIpc) is 3.11. The molecule has 0 radical (unpaired) electrons. The van der Waals surface area contributed by atoms with Gasteiger partial charge in [-0.2, -0.15) is 0 Å². The first kappa shape index (κ1) is 48.4. The molecule has 296 valence electrons. The molecule has 1 atom stereocenters. The molecule has 0 heterocycles. The van der Waals surface area contributed by atoms with Crippen LogP contribution in [0.2, 0.25) is 0 Å². The van der Waals surface area contributed by atoms with Crippen molar-refractivity contribution in [2.24, 2.45) is 0 Å². The molecule has 51 heavy (non-hydrogen) atoms. The fraction of sp³-hybridized carbons (Fsp3) is 0.814. The lowest BCUT2D eigenvalue weighted by Gasteiger charge is -2.18. The van der Waals surface area contributed by atoms with Gasteiger partial charge in [-0.1, -0.05) is 141 Å². The minimum atomic E-state index is -1.10. The Morgan fingerprint density at radius 3 is 1.16 bits per heavy atom. The van der Waals surface area contributed by atoms with Gasteiger partial charge in [0, 0.05) is 12.8 Å². The quantitative estimate of drug-likeness (QED) is 0.0290. The summed E-state index contributed by atoms with van der Waals surface area (Å²) < 4.78 is 16.0. The number of unbranched alkanes of at least 4 members (excludes halogenated alkanes) is 22. The average molecular weight is 721 g/mol. The fourth-order valence-electron chi connectivity index (χ4n) is 5.77. The molecule has 0 rings (SSSR count). The second-order valence-corrected chi connectivity index (χ2v) is 14.0. The van der Waals surface area contributed by atoms with Gasteiger partial charge in [-0.15, -0.1) is 0 Å². The molecule has 0 aliphatic carbocycles. The number of allylic oxidation sites excluding steroid dienone is 4. The molecular weight excluding hydrogens is 644 g/mol. The molecule has 0 saturated carbocycles. The summed E-state index contributed by atoms with van der Waals surface area (Å²) in [5.41, 5.74) is 0. The van der Waals surface area contributed by atoms with Crippen LogP contribution in [0.3, 0.4) is 0 Å². The highest BCUT2D eigenvalue weighted by atomic mass is 16.6. The highest BCUT2D eigenvalue weighted by molar-refractivity contribution is 5.76. The van der Waals surface area contributed by atoms with Gasteiger partial charge in [-0.25, -0.2) is 0 Å². The summed E-state index contributed by atoms with van der Waals surface area (Å²) in [6.07, 6.45) is 38.7. The largest absolute Gasteiger partial charge is 0.481 e. The van der Waals surface area contributed by atoms with E-state index in [0.717, 1.165) is 70.6 Å². The van der Waals surface area contributed by atoms with Gasteiger partial charge in [0.2, 0.25) is 0 Å². The number of hydrogen-bond donors (Lipinski definition) is 1. The van der Waals surface area contributed by atoms with E-state index in [4.69, 9.17) is 19.3 Å². The van der Waals surface area contributed by atoms with Crippen LogP contribution in [0.1, 0.15) is 206 Å². The molecule has 0 aromatic rings. The number of ether oxygens (including phenoxy) is 3. The number of carboxylic acids is 1. The minimum absolute atomic E-state index is 0.200. The smallest absolute Gasteiger partial charge is 0.306 e. The second kappa shape index (κ2) is 38.6. The first-order valence-corrected chi connectivity index (χ1v) is 20.9. The Morgan fingerprint density at radius 2 is 0.765 bits per heavy atom. The van der Waals surface area contributed by atoms with Crippen molar-refractivity contribution in [3.05, 3.63) is 24.3 Å². The summed E-state index contributed by atoms with van der Waals surface area (Å²) >= 11 is 0. The van der Waals surface area contributed by atoms with E-state index in [1.54, 1.807) is 0 Å². The molecule has 0 aliphatic rings. The van der Waals surface area contributed by atoms with E-state index in [1.165, 1.54) is 89.9 Å². The van der Waals surface area contributed by atoms with Gasteiger partial charge in [0.15, 0.2) is 6.10 Å². The zero-order valence-electron chi connectivity index (χ0n) is 32.8. The maximum absolute atomic E-state index is 12.5. The molecule has 0 aromatic carbocycles. The molecule has 0 unspecified atom stereocenters. The highest BCUT2D eigenvalue weighted by Crippen LogP contribution is 2.13. The van der Waals surface area contributed by atoms with E-state index in [2.05, 4.69) is 38.2 Å². The van der Waals surface area contributed by atoms with Gasteiger partial charge >= 0.3 is 23.9 Å². The molecule has 0 aliphatic heterocycles. The normalized spacial score (nSPS) is 12.0. The summed E-state index contributed by atoms with van der Waals surface area (Å²) in [7, 11) is 0. The maximum Gasteiger partial charge on any atom is 0.306 e. The van der Waals surface area contributed by atoms with Crippen LogP contribution in [-0.4, -0.2) is 48.3 Å². The van der Waals surface area contributed by atoms with Crippen molar-refractivity contribution < 1.29 is 38.5 Å². The van der Waals surface area contributed by atoms with Crippen molar-refractivity contribution >= 4 is 23.9 Å². The number of carbonyl (C=O) groups excluding carboxylic acids is 3. The van der Waals surface area contributed by atoms with Crippen molar-refractivity contribution in [3.8, 4) is 0 Å². The van der Waals surface area contributed by atoms with Crippen molar-refractivity contribution in [1.29, 1.82) is 0 Å². The number of hydrogen-bond acceptors (Lipinski definition) is 7. The molecule has 0 spiro atoms. The van der Waals surface area contributed by atoms with Gasteiger partial charge in [0.05, 0.1) is 12.8 Å². The van der Waals surface area contributed by atoms with Gasteiger partial charge in [0.25, 0.3) is 0 Å². The Kier molecular flexibility index (Phi) is 36.6. The topological polar surface area (TPSA) is 116 Å². The predicted octanol–water partition coefficient (Wildman–Crippen LogP) is 11.9. The standard InChI is InChI=1S/C43H76O8/c1-3-5-7-9-11-13-15-17-19-21-23-25-27-29-31-33-41(46)49-37-39(38-50-42(47)36-35-40(44)45)51-43(48)34-32-30-28-26-24-22-20-18-16-14-12-10-8-6-4-2/h17-20,39H,3-16,21-38H2,1-2H3,(H,44,45)/t39-/m1/s1. The first-order valence-electron chi connectivity index (χ1n) is 20.9. The van der Waals surface area contributed by atoms with Crippen LogP contribution in [0.25, 0.3) is 0 Å². The minimum Gasteiger partial charge on any atom is -0.481 e. The molecule has 8 nitrogen and oxygen atoms in total. The predicted molar refractivity (Wildman–Crippen MR) is 208 cm³/mol. The molecule has 0 fully saturated rings. The monoisotopic (exact) mass is 721 g/mol. The SMILES string of the molecule is CCCCCCCCC=CCCCCCCCC(=O)OC[C@H](COC(=O)CCC(=O)O)OC(=O)CCCCCCCC=CCCCCCCCC. The Hall–Kier alpha value is -2.64. The third-order valence-electron chi connectivity index (χ3n) is 8.99. The van der Waals surface area contributed by atoms with Crippen LogP contribution in [-0.2, 0) is 33.4 Å². The third kappa shape index (κ3) is 38.4. The van der Waals surface area contributed by atoms with E-state index in [-0.39, 0.29) is 44.9 Å². The van der Waals surface area contributed by atoms with Gasteiger partial charge < -0.3 is 19.3 Å². The van der Waals surface area contributed by atoms with Gasteiger partial charge in [-0.05, 0) is 64.2 Å².